The first-order chi connectivity index (χ1) is 17.6. The molecule has 0 aromatic heterocycles. The molecule has 1 aliphatic rings. The molecule has 7 nitrogen and oxygen atoms in total. The molecule has 1 heterocycles. The molecule has 0 bridgehead atoms. The number of nitrogens with zero attached hydrogens (tertiary/aromatic N) is 1. The molecule has 1 aliphatic heterocycles. The molecule has 3 aromatic rings. The Balaban J connectivity index is 1.67. The van der Waals surface area contributed by atoms with Crippen LogP contribution in [0.4, 0.5) is 5.69 Å². The maximum Gasteiger partial charge on any atom is 0.270 e. The van der Waals surface area contributed by atoms with E-state index in [2.05, 4.69) is 33.4 Å². The fourth-order valence-corrected chi connectivity index (χ4v) is 4.45. The lowest BCUT2D eigenvalue weighted by Crippen LogP contribution is -2.49. The molecule has 0 unspecified atom stereocenters. The van der Waals surface area contributed by atoms with Gasteiger partial charge in [-0.1, -0.05) is 58.4 Å². The molecule has 4 rings (SSSR count). The molecule has 0 radical (unpaired) electrons. The number of hydrazine groups is 1. The van der Waals surface area contributed by atoms with Gasteiger partial charge in [0.05, 0.1) is 12.3 Å². The number of carbonyl (C=O) groups excluding carboxylic acids is 1. The van der Waals surface area contributed by atoms with Gasteiger partial charge in [0.2, 0.25) is 5.90 Å². The van der Waals surface area contributed by atoms with E-state index in [0.717, 1.165) is 21.3 Å². The minimum absolute atomic E-state index is 0.0751. The third kappa shape index (κ3) is 5.61. The average Bonchev–Trinajstić information content (AvgIpc) is 3.29. The zero-order valence-electron chi connectivity index (χ0n) is 19.7. The fourth-order valence-electron chi connectivity index (χ4n) is 3.96. The Kier molecular flexibility index (Phi) is 8.40. The van der Waals surface area contributed by atoms with Crippen LogP contribution in [-0.2, 0) is 9.53 Å². The number of carbonyl (C=O) groups is 1. The Morgan fingerprint density at radius 2 is 1.83 bits per heavy atom. The highest BCUT2D eigenvalue weighted by Crippen LogP contribution is 2.44. The number of aliphatic hydroxyl groups excluding tert-OH is 1. The van der Waals surface area contributed by atoms with Crippen molar-refractivity contribution in [2.24, 2.45) is 4.99 Å². The number of halogens is 1. The van der Waals surface area contributed by atoms with Crippen LogP contribution in [0.15, 0.2) is 101 Å². The van der Waals surface area contributed by atoms with E-state index in [1.54, 1.807) is 6.08 Å². The lowest BCUT2D eigenvalue weighted by Gasteiger charge is -2.30. The first-order valence-electron chi connectivity index (χ1n) is 11.6. The molecule has 36 heavy (non-hydrogen) atoms. The number of hydrogen-bond donors (Lipinski definition) is 3. The van der Waals surface area contributed by atoms with E-state index < -0.39 is 11.6 Å². The topological polar surface area (TPSA) is 92.2 Å². The van der Waals surface area contributed by atoms with E-state index in [0.29, 0.717) is 24.7 Å². The van der Waals surface area contributed by atoms with Gasteiger partial charge in [-0.3, -0.25) is 15.6 Å². The van der Waals surface area contributed by atoms with Gasteiger partial charge in [0.25, 0.3) is 5.91 Å². The summed E-state index contributed by atoms with van der Waals surface area (Å²) in [7, 11) is 0. The molecule has 3 aromatic carbocycles. The van der Waals surface area contributed by atoms with Gasteiger partial charge in [-0.15, -0.1) is 6.58 Å². The van der Waals surface area contributed by atoms with Crippen LogP contribution in [-0.4, -0.2) is 35.7 Å². The number of rotatable bonds is 11. The van der Waals surface area contributed by atoms with E-state index >= 15 is 0 Å². The number of para-hydroxylation sites is 1. The van der Waals surface area contributed by atoms with Gasteiger partial charge in [0, 0.05) is 35.0 Å². The van der Waals surface area contributed by atoms with Crippen molar-refractivity contribution in [2.45, 2.75) is 24.5 Å². The zero-order chi connectivity index (χ0) is 25.4. The van der Waals surface area contributed by atoms with Gasteiger partial charge in [0.1, 0.15) is 5.75 Å². The smallest absolute Gasteiger partial charge is 0.270 e. The van der Waals surface area contributed by atoms with Gasteiger partial charge in [0.15, 0.2) is 11.6 Å². The summed E-state index contributed by atoms with van der Waals surface area (Å²) >= 11 is 3.61. The summed E-state index contributed by atoms with van der Waals surface area (Å²) in [5, 5.41) is 8.95. The molecule has 1 amide bonds. The number of anilines is 1. The minimum Gasteiger partial charge on any atom is -0.494 e. The summed E-state index contributed by atoms with van der Waals surface area (Å²) in [6, 6.07) is 24.3. The van der Waals surface area contributed by atoms with Crippen LogP contribution < -0.4 is 15.6 Å². The molecule has 8 heteroatoms. The van der Waals surface area contributed by atoms with E-state index in [1.165, 1.54) is 0 Å². The van der Waals surface area contributed by atoms with Crippen molar-refractivity contribution < 1.29 is 19.4 Å². The normalized spacial score (nSPS) is 18.6. The molecular formula is C28H28BrN3O4. The predicted octanol–water partition coefficient (Wildman–Crippen LogP) is 5.19. The monoisotopic (exact) mass is 549 g/mol. The van der Waals surface area contributed by atoms with E-state index in [-0.39, 0.29) is 18.9 Å². The molecule has 0 fully saturated rings. The molecule has 3 N–H and O–H groups in total. The Morgan fingerprint density at radius 1 is 1.11 bits per heavy atom. The largest absolute Gasteiger partial charge is 0.494 e. The van der Waals surface area contributed by atoms with Crippen molar-refractivity contribution in [1.29, 1.82) is 0 Å². The quantitative estimate of drug-likeness (QED) is 0.174. The number of amides is 1. The van der Waals surface area contributed by atoms with Gasteiger partial charge in [-0.2, -0.15) is 0 Å². The predicted molar refractivity (Wildman–Crippen MR) is 144 cm³/mol. The van der Waals surface area contributed by atoms with Crippen LogP contribution in [0.25, 0.3) is 0 Å². The maximum atomic E-state index is 13.7. The maximum absolute atomic E-state index is 13.7. The van der Waals surface area contributed by atoms with Crippen LogP contribution in [0.2, 0.25) is 0 Å². The third-order valence-corrected chi connectivity index (χ3v) is 6.49. The van der Waals surface area contributed by atoms with Crippen LogP contribution in [0.5, 0.6) is 5.75 Å². The summed E-state index contributed by atoms with van der Waals surface area (Å²) in [6.45, 7) is 4.39. The van der Waals surface area contributed by atoms with Crippen molar-refractivity contribution in [3.8, 4) is 5.75 Å². The van der Waals surface area contributed by atoms with E-state index in [1.807, 2.05) is 78.9 Å². The van der Waals surface area contributed by atoms with Gasteiger partial charge < -0.3 is 14.6 Å². The van der Waals surface area contributed by atoms with Crippen LogP contribution >= 0.6 is 15.9 Å². The Morgan fingerprint density at radius 3 is 2.53 bits per heavy atom. The number of nitrogens with one attached hydrogen (secondary N) is 2. The minimum atomic E-state index is -1.29. The first kappa shape index (κ1) is 25.5. The van der Waals surface area contributed by atoms with Crippen molar-refractivity contribution in [2.75, 3.05) is 18.6 Å². The zero-order valence-corrected chi connectivity index (χ0v) is 21.3. The fraction of sp³-hybridized carbons (Fsp3) is 0.214. The lowest BCUT2D eigenvalue weighted by molar-refractivity contribution is -0.128. The number of aliphatic imine (C=N–C) groups is 1. The molecule has 186 valence electrons. The second-order valence-electron chi connectivity index (χ2n) is 8.25. The lowest BCUT2D eigenvalue weighted by atomic mass is 9.84. The number of aliphatic hydroxyl groups is 1. The highest BCUT2D eigenvalue weighted by molar-refractivity contribution is 9.10. The van der Waals surface area contributed by atoms with Crippen LogP contribution in [0.1, 0.15) is 30.1 Å². The first-order valence-corrected chi connectivity index (χ1v) is 12.4. The SMILES string of the molecule is C=CC[C@]1(C(=O)NNc2ccccc2)N=C(c2ccc(OCCCO)cc2)O[C@H]1c1ccccc1Br. The second kappa shape index (κ2) is 11.9. The summed E-state index contributed by atoms with van der Waals surface area (Å²) in [6.07, 6.45) is 1.80. The van der Waals surface area contributed by atoms with Crippen molar-refractivity contribution in [1.82, 2.24) is 5.43 Å². The van der Waals surface area contributed by atoms with Crippen molar-refractivity contribution in [3.05, 3.63) is 107 Å². The summed E-state index contributed by atoms with van der Waals surface area (Å²) in [4.78, 5) is 18.6. The van der Waals surface area contributed by atoms with Gasteiger partial charge in [-0.25, -0.2) is 4.99 Å². The highest BCUT2D eigenvalue weighted by Gasteiger charge is 2.53. The molecule has 0 saturated heterocycles. The summed E-state index contributed by atoms with van der Waals surface area (Å²) in [5.41, 5.74) is 6.76. The summed E-state index contributed by atoms with van der Waals surface area (Å²) in [5.74, 6) is 0.690. The van der Waals surface area contributed by atoms with Gasteiger partial charge in [-0.05, 0) is 42.5 Å². The van der Waals surface area contributed by atoms with Crippen LogP contribution in [0.3, 0.4) is 0 Å². The highest BCUT2D eigenvalue weighted by atomic mass is 79.9. The number of hydrogen-bond acceptors (Lipinski definition) is 6. The van der Waals surface area contributed by atoms with E-state index in [4.69, 9.17) is 19.6 Å². The standard InChI is InChI=1S/C28H28BrN3O4/c1-2-17-28(27(34)32-31-21-9-4-3-5-10-21)25(23-11-6-7-12-24(23)29)36-26(30-28)20-13-15-22(16-14-20)35-19-8-18-33/h2-7,9-16,25,31,33H,1,8,17-19H2,(H,32,34)/t25-,28-/m0/s1. The van der Waals surface area contributed by atoms with Crippen LogP contribution in [0, 0.1) is 0 Å². The van der Waals surface area contributed by atoms with Gasteiger partial charge >= 0.3 is 0 Å². The number of benzene rings is 3. The molecule has 0 saturated carbocycles. The van der Waals surface area contributed by atoms with E-state index in [9.17, 15) is 4.79 Å². The second-order valence-corrected chi connectivity index (χ2v) is 9.10. The molecule has 2 atom stereocenters. The Labute approximate surface area is 219 Å². The molecule has 0 spiro atoms. The van der Waals surface area contributed by atoms with Crippen molar-refractivity contribution >= 4 is 33.4 Å². The number of ether oxygens (including phenoxy) is 2. The molecule has 0 aliphatic carbocycles. The Hall–Kier alpha value is -3.62. The van der Waals surface area contributed by atoms with Crippen molar-refractivity contribution in [3.63, 3.8) is 0 Å². The summed E-state index contributed by atoms with van der Waals surface area (Å²) < 4.78 is 12.8. The molecular weight excluding hydrogens is 522 g/mol. The Bertz CT molecular complexity index is 1220. The average molecular weight is 550 g/mol. The third-order valence-electron chi connectivity index (χ3n) is 5.77.